The Balaban J connectivity index is 1.44. The maximum Gasteiger partial charge on any atom is 0.262 e. The molecule has 178 valence electrons. The van der Waals surface area contributed by atoms with Gasteiger partial charge in [-0.3, -0.25) is 14.2 Å². The molecule has 0 bridgehead atoms. The molecule has 0 saturated carbocycles. The van der Waals surface area contributed by atoms with Crippen LogP contribution in [0.5, 0.6) is 5.75 Å². The SMILES string of the molecule is COc1ccc(Cn2c(SC(C)C(=O)N3CCc4ccccc4C3)nc3ccccc3c2=O)cc1. The number of nitrogens with zero attached hydrogens (tertiary/aromatic N) is 3. The Kier molecular flexibility index (Phi) is 6.59. The fraction of sp³-hybridized carbons (Fsp3) is 0.250. The Bertz CT molecular complexity index is 1430. The summed E-state index contributed by atoms with van der Waals surface area (Å²) in [5, 5.41) is 0.732. The summed E-state index contributed by atoms with van der Waals surface area (Å²) >= 11 is 1.35. The van der Waals surface area contributed by atoms with Crippen molar-refractivity contribution in [2.24, 2.45) is 0 Å². The first-order valence-electron chi connectivity index (χ1n) is 11.7. The fourth-order valence-corrected chi connectivity index (χ4v) is 5.43. The van der Waals surface area contributed by atoms with E-state index in [1.165, 1.54) is 22.9 Å². The molecular weight excluding hydrogens is 458 g/mol. The van der Waals surface area contributed by atoms with Crippen LogP contribution in [0, 0.1) is 0 Å². The Hall–Kier alpha value is -3.58. The highest BCUT2D eigenvalue weighted by atomic mass is 32.2. The lowest BCUT2D eigenvalue weighted by Gasteiger charge is -2.30. The van der Waals surface area contributed by atoms with Gasteiger partial charge in [0.2, 0.25) is 5.91 Å². The summed E-state index contributed by atoms with van der Waals surface area (Å²) in [6.45, 7) is 3.57. The van der Waals surface area contributed by atoms with Crippen LogP contribution in [0.25, 0.3) is 10.9 Å². The molecule has 5 rings (SSSR count). The number of hydrogen-bond donors (Lipinski definition) is 0. The molecule has 4 aromatic rings. The molecule has 0 fully saturated rings. The van der Waals surface area contributed by atoms with Gasteiger partial charge in [0, 0.05) is 13.1 Å². The van der Waals surface area contributed by atoms with E-state index in [-0.39, 0.29) is 16.7 Å². The van der Waals surface area contributed by atoms with Gasteiger partial charge in [-0.25, -0.2) is 4.98 Å². The smallest absolute Gasteiger partial charge is 0.262 e. The highest BCUT2D eigenvalue weighted by Crippen LogP contribution is 2.27. The molecule has 1 aliphatic rings. The van der Waals surface area contributed by atoms with Gasteiger partial charge in [0.25, 0.3) is 5.56 Å². The fourth-order valence-electron chi connectivity index (χ4n) is 4.44. The summed E-state index contributed by atoms with van der Waals surface area (Å²) in [6.07, 6.45) is 0.857. The lowest BCUT2D eigenvalue weighted by Crippen LogP contribution is -2.40. The minimum atomic E-state index is -0.379. The van der Waals surface area contributed by atoms with Gasteiger partial charge in [0.1, 0.15) is 5.75 Å². The van der Waals surface area contributed by atoms with Crippen LogP contribution < -0.4 is 10.3 Å². The van der Waals surface area contributed by atoms with Crippen molar-refractivity contribution in [3.8, 4) is 5.75 Å². The van der Waals surface area contributed by atoms with Crippen LogP contribution in [0.4, 0.5) is 0 Å². The summed E-state index contributed by atoms with van der Waals surface area (Å²) in [5.74, 6) is 0.817. The molecule has 35 heavy (non-hydrogen) atoms. The number of ether oxygens (including phenoxy) is 1. The number of rotatable bonds is 6. The second-order valence-corrected chi connectivity index (χ2v) is 10.00. The van der Waals surface area contributed by atoms with Crippen molar-refractivity contribution in [3.05, 3.63) is 99.8 Å². The topological polar surface area (TPSA) is 64.4 Å². The first-order chi connectivity index (χ1) is 17.0. The number of methoxy groups -OCH3 is 1. The van der Waals surface area contributed by atoms with Gasteiger partial charge < -0.3 is 9.64 Å². The number of para-hydroxylation sites is 1. The zero-order chi connectivity index (χ0) is 24.4. The molecular formula is C28H27N3O3S. The first kappa shape index (κ1) is 23.2. The van der Waals surface area contributed by atoms with E-state index in [0.29, 0.717) is 35.7 Å². The molecule has 2 heterocycles. The molecule has 1 atom stereocenters. The standard InChI is InChI=1S/C28H27N3O3S/c1-19(26(32)30-16-15-21-7-3-4-8-22(21)18-30)35-28-29-25-10-6-5-9-24(25)27(33)31(28)17-20-11-13-23(34-2)14-12-20/h3-14,19H,15-18H2,1-2H3. The van der Waals surface area contributed by atoms with Crippen LogP contribution in [-0.2, 0) is 24.3 Å². The van der Waals surface area contributed by atoms with Crippen molar-refractivity contribution >= 4 is 28.6 Å². The molecule has 0 spiro atoms. The van der Waals surface area contributed by atoms with E-state index < -0.39 is 0 Å². The molecule has 0 radical (unpaired) electrons. The monoisotopic (exact) mass is 485 g/mol. The second kappa shape index (κ2) is 9.96. The zero-order valence-electron chi connectivity index (χ0n) is 19.8. The van der Waals surface area contributed by atoms with Crippen LogP contribution in [-0.4, -0.2) is 39.3 Å². The molecule has 1 amide bonds. The van der Waals surface area contributed by atoms with Crippen molar-refractivity contribution in [1.82, 2.24) is 14.5 Å². The molecule has 1 aromatic heterocycles. The third-order valence-corrected chi connectivity index (χ3v) is 7.48. The third-order valence-electron chi connectivity index (χ3n) is 6.40. The summed E-state index contributed by atoms with van der Waals surface area (Å²) in [4.78, 5) is 33.5. The number of carbonyl (C=O) groups excluding carboxylic acids is 1. The van der Waals surface area contributed by atoms with Gasteiger partial charge >= 0.3 is 0 Å². The van der Waals surface area contributed by atoms with Crippen molar-refractivity contribution in [2.75, 3.05) is 13.7 Å². The quantitative estimate of drug-likeness (QED) is 0.297. The number of amides is 1. The molecule has 1 aliphatic heterocycles. The summed E-state index contributed by atoms with van der Waals surface area (Å²) in [7, 11) is 1.63. The Labute approximate surface area is 208 Å². The van der Waals surface area contributed by atoms with Crippen LogP contribution in [0.1, 0.15) is 23.6 Å². The zero-order valence-corrected chi connectivity index (χ0v) is 20.6. The van der Waals surface area contributed by atoms with Gasteiger partial charge in [-0.05, 0) is 54.3 Å². The van der Waals surface area contributed by atoms with E-state index in [0.717, 1.165) is 17.7 Å². The van der Waals surface area contributed by atoms with Crippen molar-refractivity contribution in [3.63, 3.8) is 0 Å². The third kappa shape index (κ3) is 4.82. The molecule has 0 saturated heterocycles. The average Bonchev–Trinajstić information content (AvgIpc) is 2.90. The number of carbonyl (C=O) groups is 1. The predicted molar refractivity (Wildman–Crippen MR) is 139 cm³/mol. The van der Waals surface area contributed by atoms with Gasteiger partial charge in [0.15, 0.2) is 5.16 Å². The van der Waals surface area contributed by atoms with E-state index >= 15 is 0 Å². The highest BCUT2D eigenvalue weighted by Gasteiger charge is 2.27. The van der Waals surface area contributed by atoms with E-state index in [9.17, 15) is 9.59 Å². The second-order valence-electron chi connectivity index (χ2n) is 8.69. The molecule has 6 nitrogen and oxygen atoms in total. The van der Waals surface area contributed by atoms with E-state index in [1.54, 1.807) is 17.7 Å². The molecule has 1 unspecified atom stereocenters. The van der Waals surface area contributed by atoms with E-state index in [4.69, 9.17) is 9.72 Å². The number of thioether (sulfide) groups is 1. The van der Waals surface area contributed by atoms with Crippen LogP contribution in [0.2, 0.25) is 0 Å². The molecule has 3 aromatic carbocycles. The van der Waals surface area contributed by atoms with Gasteiger partial charge in [-0.15, -0.1) is 0 Å². The largest absolute Gasteiger partial charge is 0.497 e. The normalized spacial score (nSPS) is 13.9. The Morgan fingerprint density at radius 1 is 1.03 bits per heavy atom. The van der Waals surface area contributed by atoms with Gasteiger partial charge in [-0.1, -0.05) is 60.3 Å². The lowest BCUT2D eigenvalue weighted by atomic mass is 10.00. The summed E-state index contributed by atoms with van der Waals surface area (Å²) in [5.41, 5.74) is 3.99. The molecule has 0 aliphatic carbocycles. The summed E-state index contributed by atoms with van der Waals surface area (Å²) in [6, 6.07) is 23.3. The minimum absolute atomic E-state index is 0.0582. The average molecular weight is 486 g/mol. The van der Waals surface area contributed by atoms with Crippen molar-refractivity contribution in [2.45, 2.75) is 36.8 Å². The predicted octanol–water partition coefficient (Wildman–Crippen LogP) is 4.52. The van der Waals surface area contributed by atoms with Crippen LogP contribution in [0.3, 0.4) is 0 Å². The van der Waals surface area contributed by atoms with E-state index in [1.807, 2.05) is 66.4 Å². The van der Waals surface area contributed by atoms with Crippen LogP contribution >= 0.6 is 11.8 Å². The number of aromatic nitrogens is 2. The molecule has 0 N–H and O–H groups in total. The minimum Gasteiger partial charge on any atom is -0.497 e. The number of hydrogen-bond acceptors (Lipinski definition) is 5. The van der Waals surface area contributed by atoms with Gasteiger partial charge in [-0.2, -0.15) is 0 Å². The number of benzene rings is 3. The lowest BCUT2D eigenvalue weighted by molar-refractivity contribution is -0.131. The van der Waals surface area contributed by atoms with Crippen molar-refractivity contribution < 1.29 is 9.53 Å². The maximum absolute atomic E-state index is 13.5. The van der Waals surface area contributed by atoms with Crippen LogP contribution in [0.15, 0.2) is 82.7 Å². The van der Waals surface area contributed by atoms with Gasteiger partial charge in [0.05, 0.1) is 29.8 Å². The number of fused-ring (bicyclic) bond motifs is 2. The van der Waals surface area contributed by atoms with E-state index in [2.05, 4.69) is 12.1 Å². The van der Waals surface area contributed by atoms with Crippen molar-refractivity contribution in [1.29, 1.82) is 0 Å². The summed E-state index contributed by atoms with van der Waals surface area (Å²) < 4.78 is 6.93. The maximum atomic E-state index is 13.5. The highest BCUT2D eigenvalue weighted by molar-refractivity contribution is 8.00. The Morgan fingerprint density at radius 3 is 2.51 bits per heavy atom. The molecule has 7 heteroatoms. The first-order valence-corrected chi connectivity index (χ1v) is 12.6. The Morgan fingerprint density at radius 2 is 1.74 bits per heavy atom.